The molecule has 1 aromatic heterocycles. The molecule has 0 amide bonds. The van der Waals surface area contributed by atoms with E-state index in [9.17, 15) is 9.59 Å². The standard InChI is InChI=1S/C28H27NO5/c1-5-6-13-33-27(30)19-14-17(2)26(18(3)15-19)34-28(31)25-21-9-7-8-10-23(21)29-24-12-11-20(32-4)16-22(24)25/h7-12,14-16H,5-6,13H2,1-4H3. The van der Waals surface area contributed by atoms with Crippen LogP contribution in [0.4, 0.5) is 0 Å². The number of ether oxygens (including phenoxy) is 3. The molecular weight excluding hydrogens is 430 g/mol. The van der Waals surface area contributed by atoms with Crippen LogP contribution in [0.25, 0.3) is 21.8 Å². The number of aromatic nitrogens is 1. The van der Waals surface area contributed by atoms with Gasteiger partial charge in [-0.3, -0.25) is 0 Å². The van der Waals surface area contributed by atoms with Gasteiger partial charge in [-0.15, -0.1) is 0 Å². The average molecular weight is 458 g/mol. The highest BCUT2D eigenvalue weighted by Gasteiger charge is 2.21. The van der Waals surface area contributed by atoms with Gasteiger partial charge >= 0.3 is 11.9 Å². The van der Waals surface area contributed by atoms with Gasteiger partial charge in [0.05, 0.1) is 35.9 Å². The van der Waals surface area contributed by atoms with Crippen LogP contribution in [0.1, 0.15) is 51.6 Å². The number of methoxy groups -OCH3 is 1. The van der Waals surface area contributed by atoms with Gasteiger partial charge in [-0.2, -0.15) is 0 Å². The largest absolute Gasteiger partial charge is 0.497 e. The molecule has 34 heavy (non-hydrogen) atoms. The Morgan fingerprint density at radius 1 is 0.882 bits per heavy atom. The van der Waals surface area contributed by atoms with Gasteiger partial charge in [-0.1, -0.05) is 31.5 Å². The van der Waals surface area contributed by atoms with E-state index in [2.05, 4.69) is 4.98 Å². The Kier molecular flexibility index (Phi) is 6.77. The topological polar surface area (TPSA) is 74.7 Å². The summed E-state index contributed by atoms with van der Waals surface area (Å²) >= 11 is 0. The monoisotopic (exact) mass is 457 g/mol. The second-order valence-corrected chi connectivity index (χ2v) is 8.21. The summed E-state index contributed by atoms with van der Waals surface area (Å²) in [6, 6.07) is 16.3. The SMILES string of the molecule is CCCCOC(=O)c1cc(C)c(OC(=O)c2c3ccccc3nc3ccc(OC)cc23)c(C)c1. The van der Waals surface area contributed by atoms with Gasteiger partial charge in [-0.25, -0.2) is 14.6 Å². The highest BCUT2D eigenvalue weighted by atomic mass is 16.5. The number of esters is 2. The van der Waals surface area contributed by atoms with Crippen LogP contribution >= 0.6 is 0 Å². The van der Waals surface area contributed by atoms with Gasteiger partial charge in [0.15, 0.2) is 0 Å². The van der Waals surface area contributed by atoms with Crippen molar-refractivity contribution in [3.05, 3.63) is 76.9 Å². The van der Waals surface area contributed by atoms with E-state index in [0.717, 1.165) is 12.8 Å². The molecule has 3 aromatic carbocycles. The maximum atomic E-state index is 13.6. The van der Waals surface area contributed by atoms with Crippen molar-refractivity contribution in [1.82, 2.24) is 4.98 Å². The van der Waals surface area contributed by atoms with Gasteiger partial charge < -0.3 is 14.2 Å². The number of unbranched alkanes of at least 4 members (excludes halogenated alkanes) is 1. The van der Waals surface area contributed by atoms with Crippen LogP contribution in [0.5, 0.6) is 11.5 Å². The zero-order valence-corrected chi connectivity index (χ0v) is 19.8. The summed E-state index contributed by atoms with van der Waals surface area (Å²) in [5, 5.41) is 1.34. The Bertz CT molecular complexity index is 1370. The summed E-state index contributed by atoms with van der Waals surface area (Å²) in [7, 11) is 1.58. The molecule has 1 heterocycles. The molecule has 0 bridgehead atoms. The van der Waals surface area contributed by atoms with Crippen LogP contribution in [-0.2, 0) is 4.74 Å². The number of pyridine rings is 1. The van der Waals surface area contributed by atoms with E-state index in [4.69, 9.17) is 14.2 Å². The van der Waals surface area contributed by atoms with Crippen molar-refractivity contribution in [3.63, 3.8) is 0 Å². The predicted molar refractivity (Wildman–Crippen MR) is 132 cm³/mol. The number of nitrogens with zero attached hydrogens (tertiary/aromatic N) is 1. The first-order chi connectivity index (χ1) is 16.4. The fourth-order valence-corrected chi connectivity index (χ4v) is 3.98. The summed E-state index contributed by atoms with van der Waals surface area (Å²) in [6.07, 6.45) is 1.77. The Labute approximate surface area is 198 Å². The number of para-hydroxylation sites is 1. The molecule has 0 saturated heterocycles. The highest BCUT2D eigenvalue weighted by molar-refractivity contribution is 6.15. The summed E-state index contributed by atoms with van der Waals surface area (Å²) in [4.78, 5) is 30.6. The Balaban J connectivity index is 1.74. The predicted octanol–water partition coefficient (Wildman–Crippen LogP) is 6.19. The number of hydrogen-bond donors (Lipinski definition) is 0. The van der Waals surface area contributed by atoms with Crippen LogP contribution in [-0.4, -0.2) is 30.6 Å². The number of aryl methyl sites for hydroxylation is 2. The van der Waals surface area contributed by atoms with E-state index in [0.29, 0.717) is 62.2 Å². The number of benzene rings is 3. The molecule has 0 saturated carbocycles. The van der Waals surface area contributed by atoms with E-state index in [1.54, 1.807) is 25.3 Å². The number of fused-ring (bicyclic) bond motifs is 2. The zero-order valence-electron chi connectivity index (χ0n) is 19.8. The van der Waals surface area contributed by atoms with Crippen LogP contribution in [0.2, 0.25) is 0 Å². The number of carbonyl (C=O) groups excluding carboxylic acids is 2. The first-order valence-electron chi connectivity index (χ1n) is 11.3. The Morgan fingerprint density at radius 2 is 1.59 bits per heavy atom. The Hall–Kier alpha value is -3.93. The van der Waals surface area contributed by atoms with Crippen LogP contribution in [0, 0.1) is 13.8 Å². The number of hydrogen-bond acceptors (Lipinski definition) is 6. The van der Waals surface area contributed by atoms with Gasteiger partial charge in [-0.05, 0) is 67.8 Å². The quantitative estimate of drug-likeness (QED) is 0.143. The van der Waals surface area contributed by atoms with Gasteiger partial charge in [0.2, 0.25) is 0 Å². The van der Waals surface area contributed by atoms with Crippen molar-refractivity contribution in [2.75, 3.05) is 13.7 Å². The molecule has 0 N–H and O–H groups in total. The van der Waals surface area contributed by atoms with Crippen LogP contribution in [0.3, 0.4) is 0 Å². The second-order valence-electron chi connectivity index (χ2n) is 8.21. The molecule has 4 rings (SSSR count). The van der Waals surface area contributed by atoms with E-state index < -0.39 is 5.97 Å². The number of carbonyl (C=O) groups is 2. The Morgan fingerprint density at radius 3 is 2.29 bits per heavy atom. The lowest BCUT2D eigenvalue weighted by molar-refractivity contribution is 0.0499. The summed E-state index contributed by atoms with van der Waals surface area (Å²) < 4.78 is 16.6. The van der Waals surface area contributed by atoms with Crippen molar-refractivity contribution in [1.29, 1.82) is 0 Å². The smallest absolute Gasteiger partial charge is 0.344 e. The molecule has 6 nitrogen and oxygen atoms in total. The van der Waals surface area contributed by atoms with Crippen molar-refractivity contribution in [2.24, 2.45) is 0 Å². The molecule has 0 aliphatic carbocycles. The molecule has 0 aliphatic heterocycles. The molecule has 0 aliphatic rings. The molecule has 0 spiro atoms. The van der Waals surface area contributed by atoms with E-state index in [-0.39, 0.29) is 5.97 Å². The minimum atomic E-state index is -0.499. The van der Waals surface area contributed by atoms with E-state index >= 15 is 0 Å². The molecular formula is C28H27NO5. The molecule has 4 aromatic rings. The van der Waals surface area contributed by atoms with Gasteiger partial charge in [0, 0.05) is 10.8 Å². The minimum Gasteiger partial charge on any atom is -0.497 e. The first-order valence-corrected chi connectivity index (χ1v) is 11.3. The maximum Gasteiger partial charge on any atom is 0.344 e. The third-order valence-corrected chi connectivity index (χ3v) is 5.71. The minimum absolute atomic E-state index is 0.379. The summed E-state index contributed by atoms with van der Waals surface area (Å²) in [5.41, 5.74) is 3.58. The highest BCUT2D eigenvalue weighted by Crippen LogP contribution is 2.32. The van der Waals surface area contributed by atoms with Gasteiger partial charge in [0.1, 0.15) is 11.5 Å². The normalized spacial score (nSPS) is 10.9. The fourth-order valence-electron chi connectivity index (χ4n) is 3.98. The van der Waals surface area contributed by atoms with Crippen LogP contribution < -0.4 is 9.47 Å². The number of rotatable bonds is 7. The second kappa shape index (κ2) is 9.91. The molecule has 0 fully saturated rings. The lowest BCUT2D eigenvalue weighted by Crippen LogP contribution is -2.13. The van der Waals surface area contributed by atoms with E-state index in [1.165, 1.54) is 0 Å². The average Bonchev–Trinajstić information content (AvgIpc) is 2.84. The fraction of sp³-hybridized carbons (Fsp3) is 0.250. The molecule has 0 radical (unpaired) electrons. The molecule has 174 valence electrons. The zero-order chi connectivity index (χ0) is 24.2. The molecule has 0 unspecified atom stereocenters. The maximum absolute atomic E-state index is 13.6. The summed E-state index contributed by atoms with van der Waals surface area (Å²) in [5.74, 6) is 0.168. The van der Waals surface area contributed by atoms with Gasteiger partial charge in [0.25, 0.3) is 0 Å². The molecule has 0 atom stereocenters. The van der Waals surface area contributed by atoms with Crippen molar-refractivity contribution < 1.29 is 23.8 Å². The third-order valence-electron chi connectivity index (χ3n) is 5.71. The van der Waals surface area contributed by atoms with Crippen LogP contribution in [0.15, 0.2) is 54.6 Å². The molecule has 6 heteroatoms. The lowest BCUT2D eigenvalue weighted by atomic mass is 10.0. The first kappa shape index (κ1) is 23.2. The lowest BCUT2D eigenvalue weighted by Gasteiger charge is -2.15. The van der Waals surface area contributed by atoms with E-state index in [1.807, 2.05) is 57.2 Å². The van der Waals surface area contributed by atoms with Crippen molar-refractivity contribution >= 4 is 33.7 Å². The third kappa shape index (κ3) is 4.57. The van der Waals surface area contributed by atoms with Crippen molar-refractivity contribution in [2.45, 2.75) is 33.6 Å². The summed E-state index contributed by atoms with van der Waals surface area (Å²) in [6.45, 7) is 6.04. The van der Waals surface area contributed by atoms with Crippen molar-refractivity contribution in [3.8, 4) is 11.5 Å².